The lowest BCUT2D eigenvalue weighted by atomic mass is 10.3. The molecule has 0 saturated heterocycles. The van der Waals surface area contributed by atoms with Gasteiger partial charge in [-0.1, -0.05) is 13.3 Å². The van der Waals surface area contributed by atoms with Crippen molar-refractivity contribution in [2.24, 2.45) is 0 Å². The van der Waals surface area contributed by atoms with Crippen LogP contribution in [-0.4, -0.2) is 36.1 Å². The highest BCUT2D eigenvalue weighted by atomic mass is 16.3. The molecule has 0 saturated carbocycles. The maximum Gasteiger partial charge on any atom is 0.312 e. The summed E-state index contributed by atoms with van der Waals surface area (Å²) in [6.07, 6.45) is 3.80. The van der Waals surface area contributed by atoms with Crippen molar-refractivity contribution < 1.29 is 9.90 Å². The number of amides is 1. The lowest BCUT2D eigenvalue weighted by Gasteiger charge is -2.12. The van der Waals surface area contributed by atoms with Gasteiger partial charge in [0, 0.05) is 13.1 Å². The molecule has 0 unspecified atom stereocenters. The van der Waals surface area contributed by atoms with E-state index in [1.54, 1.807) is 6.41 Å². The Bertz CT molecular complexity index is 85.7. The number of hydrogen-bond acceptors (Lipinski definition) is 2. The van der Waals surface area contributed by atoms with E-state index in [0.717, 1.165) is 12.8 Å². The molecule has 3 nitrogen and oxygen atoms in total. The third-order valence-corrected chi connectivity index (χ3v) is 1.28. The molecule has 0 bridgehead atoms. The molecule has 3 heteroatoms. The molecule has 0 aliphatic rings. The van der Waals surface area contributed by atoms with Crippen molar-refractivity contribution in [1.82, 2.24) is 4.90 Å². The molecule has 0 aromatic rings. The minimum absolute atomic E-state index is 0.0267. The van der Waals surface area contributed by atoms with Crippen molar-refractivity contribution in [2.75, 3.05) is 19.7 Å². The normalized spacial score (nSPS) is 9.40. The minimum Gasteiger partial charge on any atom is -0.395 e. The van der Waals surface area contributed by atoms with E-state index >= 15 is 0 Å². The number of aliphatic hydroxyl groups excluding tert-OH is 1. The summed E-state index contributed by atoms with van der Waals surface area (Å²) in [7, 11) is 0. The molecule has 0 atom stereocenters. The Morgan fingerprint density at radius 3 is 2.60 bits per heavy atom. The zero-order chi connectivity index (χ0) is 7.82. The second-order valence-electron chi connectivity index (χ2n) is 2.16. The summed E-state index contributed by atoms with van der Waals surface area (Å²) in [5.74, 6) is 0. The predicted octanol–water partition coefficient (Wildman–Crippen LogP) is 0.148. The van der Waals surface area contributed by atoms with Crippen molar-refractivity contribution in [3.8, 4) is 0 Å². The van der Waals surface area contributed by atoms with Crippen molar-refractivity contribution in [1.29, 1.82) is 0 Å². The smallest absolute Gasteiger partial charge is 0.312 e. The summed E-state index contributed by atoms with van der Waals surface area (Å²) in [5, 5.41) is 8.45. The Balaban J connectivity index is 3.29. The van der Waals surface area contributed by atoms with Crippen LogP contribution in [-0.2, 0) is 4.79 Å². The van der Waals surface area contributed by atoms with E-state index in [2.05, 4.69) is 6.92 Å². The summed E-state index contributed by atoms with van der Waals surface area (Å²) in [4.78, 5) is 11.6. The third-order valence-electron chi connectivity index (χ3n) is 1.28. The molecule has 1 amide bonds. The van der Waals surface area contributed by atoms with Gasteiger partial charge in [0.25, 0.3) is 0 Å². The second-order valence-corrected chi connectivity index (χ2v) is 2.16. The van der Waals surface area contributed by atoms with Crippen LogP contribution in [0.1, 0.15) is 19.8 Å². The van der Waals surface area contributed by atoms with Gasteiger partial charge in [0.15, 0.2) is 0 Å². The first-order valence-corrected chi connectivity index (χ1v) is 3.58. The molecule has 1 radical (unpaired) electrons. The topological polar surface area (TPSA) is 40.5 Å². The average Bonchev–Trinajstić information content (AvgIpc) is 1.98. The molecule has 0 aliphatic heterocycles. The molecule has 0 aromatic carbocycles. The summed E-state index contributed by atoms with van der Waals surface area (Å²) in [6.45, 7) is 3.20. The SMILES string of the molecule is CCCCN([C]=O)CCO. The largest absolute Gasteiger partial charge is 0.395 e. The van der Waals surface area contributed by atoms with Gasteiger partial charge in [-0.05, 0) is 6.42 Å². The van der Waals surface area contributed by atoms with Crippen LogP contribution in [0.3, 0.4) is 0 Å². The fourth-order valence-corrected chi connectivity index (χ4v) is 0.673. The van der Waals surface area contributed by atoms with E-state index in [9.17, 15) is 4.79 Å². The molecule has 0 aromatic heterocycles. The van der Waals surface area contributed by atoms with E-state index in [-0.39, 0.29) is 6.61 Å². The van der Waals surface area contributed by atoms with Crippen LogP contribution in [0.15, 0.2) is 0 Å². The van der Waals surface area contributed by atoms with Gasteiger partial charge in [-0.2, -0.15) is 0 Å². The van der Waals surface area contributed by atoms with Crippen LogP contribution in [0.4, 0.5) is 0 Å². The van der Waals surface area contributed by atoms with Gasteiger partial charge < -0.3 is 10.0 Å². The lowest BCUT2D eigenvalue weighted by molar-refractivity contribution is 0.243. The maximum atomic E-state index is 10.1. The molecule has 0 rings (SSSR count). The zero-order valence-corrected chi connectivity index (χ0v) is 6.34. The molecule has 0 fully saturated rings. The van der Waals surface area contributed by atoms with E-state index in [1.165, 1.54) is 4.90 Å². The summed E-state index contributed by atoms with van der Waals surface area (Å²) >= 11 is 0. The van der Waals surface area contributed by atoms with Crippen LogP contribution in [0.25, 0.3) is 0 Å². The van der Waals surface area contributed by atoms with Crippen molar-refractivity contribution in [3.63, 3.8) is 0 Å². The van der Waals surface area contributed by atoms with E-state index < -0.39 is 0 Å². The standard InChI is InChI=1S/C7H14NO2/c1-2-3-4-8(7-10)5-6-9/h9H,2-6H2,1H3. The highest BCUT2D eigenvalue weighted by Gasteiger charge is 1.98. The third kappa shape index (κ3) is 4.32. The Labute approximate surface area is 61.6 Å². The lowest BCUT2D eigenvalue weighted by Crippen LogP contribution is -2.26. The molecular weight excluding hydrogens is 130 g/mol. The highest BCUT2D eigenvalue weighted by Crippen LogP contribution is 1.90. The number of nitrogens with zero attached hydrogens (tertiary/aromatic N) is 1. The summed E-state index contributed by atoms with van der Waals surface area (Å²) in [5.41, 5.74) is 0. The van der Waals surface area contributed by atoms with Crippen molar-refractivity contribution in [3.05, 3.63) is 0 Å². The number of hydrogen-bond donors (Lipinski definition) is 1. The molecule has 59 valence electrons. The summed E-state index contributed by atoms with van der Waals surface area (Å²) in [6, 6.07) is 0. The Hall–Kier alpha value is -0.570. The van der Waals surface area contributed by atoms with Gasteiger partial charge in [0.1, 0.15) is 0 Å². The maximum absolute atomic E-state index is 10.1. The van der Waals surface area contributed by atoms with Gasteiger partial charge in [0.2, 0.25) is 0 Å². The van der Waals surface area contributed by atoms with Crippen LogP contribution >= 0.6 is 0 Å². The Morgan fingerprint density at radius 2 is 2.20 bits per heavy atom. The van der Waals surface area contributed by atoms with Gasteiger partial charge in [-0.3, -0.25) is 4.79 Å². The first-order valence-electron chi connectivity index (χ1n) is 3.58. The number of aliphatic hydroxyl groups is 1. The van der Waals surface area contributed by atoms with Gasteiger partial charge >= 0.3 is 6.41 Å². The molecule has 10 heavy (non-hydrogen) atoms. The van der Waals surface area contributed by atoms with Crippen molar-refractivity contribution in [2.45, 2.75) is 19.8 Å². The van der Waals surface area contributed by atoms with Crippen molar-refractivity contribution >= 4 is 6.41 Å². The fraction of sp³-hybridized carbons (Fsp3) is 0.857. The van der Waals surface area contributed by atoms with E-state index in [1.807, 2.05) is 0 Å². The number of unbranched alkanes of at least 4 members (excludes halogenated alkanes) is 1. The minimum atomic E-state index is 0.0267. The molecule has 0 aliphatic carbocycles. The van der Waals surface area contributed by atoms with Crippen LogP contribution in [0.5, 0.6) is 0 Å². The van der Waals surface area contributed by atoms with Crippen LogP contribution in [0, 0.1) is 0 Å². The van der Waals surface area contributed by atoms with Crippen LogP contribution in [0.2, 0.25) is 0 Å². The molecule has 0 heterocycles. The highest BCUT2D eigenvalue weighted by molar-refractivity contribution is 5.47. The van der Waals surface area contributed by atoms with E-state index in [0.29, 0.717) is 13.1 Å². The summed E-state index contributed by atoms with van der Waals surface area (Å²) < 4.78 is 0. The first kappa shape index (κ1) is 9.43. The number of rotatable bonds is 6. The van der Waals surface area contributed by atoms with E-state index in [4.69, 9.17) is 5.11 Å². The van der Waals surface area contributed by atoms with Gasteiger partial charge in [0.05, 0.1) is 6.61 Å². The van der Waals surface area contributed by atoms with Gasteiger partial charge in [-0.15, -0.1) is 0 Å². The van der Waals surface area contributed by atoms with Gasteiger partial charge in [-0.25, -0.2) is 0 Å². The Morgan fingerprint density at radius 1 is 1.50 bits per heavy atom. The predicted molar refractivity (Wildman–Crippen MR) is 39.3 cm³/mol. The molecule has 0 spiro atoms. The quantitative estimate of drug-likeness (QED) is 0.539. The fourth-order valence-electron chi connectivity index (χ4n) is 0.673. The molecular formula is C7H14NO2. The average molecular weight is 144 g/mol. The zero-order valence-electron chi connectivity index (χ0n) is 6.34. The first-order chi connectivity index (χ1) is 4.85. The monoisotopic (exact) mass is 144 g/mol. The second kappa shape index (κ2) is 6.55. The number of carbonyl (C=O) groups excluding carboxylic acids is 1. The Kier molecular flexibility index (Phi) is 6.18. The molecule has 1 N–H and O–H groups in total. The van der Waals surface area contributed by atoms with Crippen LogP contribution < -0.4 is 0 Å².